The molecule has 0 N–H and O–H groups in total. The third-order valence-corrected chi connectivity index (χ3v) is 3.46. The summed E-state index contributed by atoms with van der Waals surface area (Å²) >= 11 is 0. The van der Waals surface area contributed by atoms with Gasteiger partial charge >= 0.3 is 11.6 Å². The van der Waals surface area contributed by atoms with Crippen LogP contribution in [0.2, 0.25) is 0 Å². The zero-order valence-electron chi connectivity index (χ0n) is 12.3. The van der Waals surface area contributed by atoms with Crippen molar-refractivity contribution in [2.45, 2.75) is 13.8 Å². The van der Waals surface area contributed by atoms with E-state index < -0.39 is 5.97 Å². The lowest BCUT2D eigenvalue weighted by Gasteiger charge is -2.09. The third kappa shape index (κ3) is 2.51. The molecule has 0 bridgehead atoms. The Morgan fingerprint density at radius 2 is 1.82 bits per heavy atom. The molecule has 110 valence electrons. The molecule has 4 heteroatoms. The summed E-state index contributed by atoms with van der Waals surface area (Å²) in [6.45, 7) is 3.21. The Labute approximate surface area is 127 Å². The maximum absolute atomic E-state index is 12.3. The van der Waals surface area contributed by atoms with Crippen molar-refractivity contribution in [3.8, 4) is 16.9 Å². The first-order valence-electron chi connectivity index (χ1n) is 6.87. The van der Waals surface area contributed by atoms with E-state index in [0.717, 1.165) is 16.5 Å². The molecular formula is C18H14O4. The predicted octanol–water partition coefficient (Wildman–Crippen LogP) is 3.69. The Kier molecular flexibility index (Phi) is 3.51. The molecular weight excluding hydrogens is 280 g/mol. The summed E-state index contributed by atoms with van der Waals surface area (Å²) in [4.78, 5) is 23.3. The molecule has 1 aromatic heterocycles. The van der Waals surface area contributed by atoms with E-state index in [1.54, 1.807) is 18.2 Å². The maximum Gasteiger partial charge on any atom is 0.344 e. The first-order valence-corrected chi connectivity index (χ1v) is 6.87. The van der Waals surface area contributed by atoms with E-state index >= 15 is 0 Å². The maximum atomic E-state index is 12.3. The lowest BCUT2D eigenvalue weighted by Crippen LogP contribution is -2.06. The lowest BCUT2D eigenvalue weighted by molar-refractivity contribution is -0.131. The quantitative estimate of drug-likeness (QED) is 0.411. The van der Waals surface area contributed by atoms with Gasteiger partial charge in [-0.15, -0.1) is 0 Å². The summed E-state index contributed by atoms with van der Waals surface area (Å²) in [7, 11) is 0. The molecule has 1 heterocycles. The standard InChI is InChI=1S/C18H14O4/c1-11-15-10-14(21-12(2)19)8-9-16(15)22-18(20)17(11)13-6-4-3-5-7-13/h3-10H,1-2H3. The fourth-order valence-corrected chi connectivity index (χ4v) is 2.50. The van der Waals surface area contributed by atoms with Crippen LogP contribution in [0.5, 0.6) is 5.75 Å². The topological polar surface area (TPSA) is 56.5 Å². The average molecular weight is 294 g/mol. The Morgan fingerprint density at radius 1 is 1.09 bits per heavy atom. The van der Waals surface area contributed by atoms with Gasteiger partial charge in [0, 0.05) is 12.3 Å². The van der Waals surface area contributed by atoms with Crippen molar-refractivity contribution < 1.29 is 13.9 Å². The first-order chi connectivity index (χ1) is 10.6. The smallest absolute Gasteiger partial charge is 0.344 e. The van der Waals surface area contributed by atoms with Gasteiger partial charge in [-0.25, -0.2) is 4.79 Å². The van der Waals surface area contributed by atoms with Crippen molar-refractivity contribution in [3.63, 3.8) is 0 Å². The van der Waals surface area contributed by atoms with Gasteiger partial charge in [0.2, 0.25) is 0 Å². The molecule has 0 spiro atoms. The zero-order chi connectivity index (χ0) is 15.7. The highest BCUT2D eigenvalue weighted by Gasteiger charge is 2.14. The fourth-order valence-electron chi connectivity index (χ4n) is 2.50. The van der Waals surface area contributed by atoms with Crippen LogP contribution >= 0.6 is 0 Å². The molecule has 2 aromatic carbocycles. The Balaban J connectivity index is 2.26. The van der Waals surface area contributed by atoms with Crippen molar-refractivity contribution in [2.75, 3.05) is 0 Å². The number of carbonyl (C=O) groups is 1. The SMILES string of the molecule is CC(=O)Oc1ccc2oc(=O)c(-c3ccccc3)c(C)c2c1. The van der Waals surface area contributed by atoms with Gasteiger partial charge in [-0.3, -0.25) is 4.79 Å². The molecule has 0 saturated heterocycles. The molecule has 0 atom stereocenters. The number of hydrogen-bond donors (Lipinski definition) is 0. The van der Waals surface area contributed by atoms with Crippen LogP contribution in [0.15, 0.2) is 57.7 Å². The zero-order valence-corrected chi connectivity index (χ0v) is 12.3. The Hall–Kier alpha value is -2.88. The van der Waals surface area contributed by atoms with Gasteiger partial charge < -0.3 is 9.15 Å². The molecule has 22 heavy (non-hydrogen) atoms. The van der Waals surface area contributed by atoms with Crippen LogP contribution in [0.25, 0.3) is 22.1 Å². The third-order valence-electron chi connectivity index (χ3n) is 3.46. The van der Waals surface area contributed by atoms with E-state index in [-0.39, 0.29) is 5.63 Å². The minimum absolute atomic E-state index is 0.378. The van der Waals surface area contributed by atoms with Crippen molar-refractivity contribution in [3.05, 3.63) is 64.5 Å². The number of aryl methyl sites for hydroxylation is 1. The van der Waals surface area contributed by atoms with E-state index in [4.69, 9.17) is 9.15 Å². The Morgan fingerprint density at radius 3 is 2.50 bits per heavy atom. The van der Waals surface area contributed by atoms with Crippen molar-refractivity contribution in [1.82, 2.24) is 0 Å². The summed E-state index contributed by atoms with van der Waals surface area (Å²) in [5.74, 6) is 0.0358. The van der Waals surface area contributed by atoms with Crippen molar-refractivity contribution >= 4 is 16.9 Å². The average Bonchev–Trinajstić information content (AvgIpc) is 2.48. The summed E-state index contributed by atoms with van der Waals surface area (Å²) < 4.78 is 10.5. The largest absolute Gasteiger partial charge is 0.427 e. The van der Waals surface area contributed by atoms with Crippen LogP contribution in [0.1, 0.15) is 12.5 Å². The van der Waals surface area contributed by atoms with Gasteiger partial charge in [0.25, 0.3) is 0 Å². The fraction of sp³-hybridized carbons (Fsp3) is 0.111. The molecule has 0 radical (unpaired) electrons. The van der Waals surface area contributed by atoms with E-state index in [0.29, 0.717) is 16.9 Å². The van der Waals surface area contributed by atoms with Crippen molar-refractivity contribution in [2.24, 2.45) is 0 Å². The minimum Gasteiger partial charge on any atom is -0.427 e. The van der Waals surface area contributed by atoms with Crippen LogP contribution in [-0.2, 0) is 4.79 Å². The summed E-state index contributed by atoms with van der Waals surface area (Å²) in [6, 6.07) is 14.3. The number of fused-ring (bicyclic) bond motifs is 1. The van der Waals surface area contributed by atoms with Gasteiger partial charge in [0.1, 0.15) is 11.3 Å². The molecule has 3 aromatic rings. The second kappa shape index (κ2) is 5.48. The summed E-state index contributed by atoms with van der Waals surface area (Å²) in [5, 5.41) is 0.747. The van der Waals surface area contributed by atoms with Gasteiger partial charge in [-0.1, -0.05) is 30.3 Å². The number of hydrogen-bond acceptors (Lipinski definition) is 4. The highest BCUT2D eigenvalue weighted by atomic mass is 16.5. The van der Waals surface area contributed by atoms with Crippen LogP contribution in [0, 0.1) is 6.92 Å². The molecule has 0 fully saturated rings. The summed E-state index contributed by atoms with van der Waals surface area (Å²) in [6.07, 6.45) is 0. The van der Waals surface area contributed by atoms with E-state index in [2.05, 4.69) is 0 Å². The van der Waals surface area contributed by atoms with Crippen LogP contribution in [0.4, 0.5) is 0 Å². The van der Waals surface area contributed by atoms with Gasteiger partial charge in [0.15, 0.2) is 0 Å². The van der Waals surface area contributed by atoms with E-state index in [9.17, 15) is 9.59 Å². The number of esters is 1. The Bertz CT molecular complexity index is 908. The van der Waals surface area contributed by atoms with Gasteiger partial charge in [-0.05, 0) is 36.2 Å². The highest BCUT2D eigenvalue weighted by Crippen LogP contribution is 2.29. The molecule has 0 aliphatic carbocycles. The summed E-state index contributed by atoms with van der Waals surface area (Å²) in [5.41, 5.74) is 2.21. The number of rotatable bonds is 2. The molecule has 4 nitrogen and oxygen atoms in total. The molecule has 3 rings (SSSR count). The second-order valence-corrected chi connectivity index (χ2v) is 5.01. The van der Waals surface area contributed by atoms with Gasteiger partial charge in [0.05, 0.1) is 5.56 Å². The molecule has 0 aliphatic rings. The van der Waals surface area contributed by atoms with Crippen LogP contribution in [0.3, 0.4) is 0 Å². The number of ether oxygens (including phenoxy) is 1. The van der Waals surface area contributed by atoms with E-state index in [1.165, 1.54) is 6.92 Å². The van der Waals surface area contributed by atoms with Crippen LogP contribution in [-0.4, -0.2) is 5.97 Å². The normalized spacial score (nSPS) is 10.6. The van der Waals surface area contributed by atoms with Gasteiger partial charge in [-0.2, -0.15) is 0 Å². The molecule has 0 saturated carbocycles. The second-order valence-electron chi connectivity index (χ2n) is 5.01. The highest BCUT2D eigenvalue weighted by molar-refractivity contribution is 5.88. The van der Waals surface area contributed by atoms with Crippen molar-refractivity contribution in [1.29, 1.82) is 0 Å². The van der Waals surface area contributed by atoms with Crippen LogP contribution < -0.4 is 10.4 Å². The minimum atomic E-state index is -0.391. The van der Waals surface area contributed by atoms with E-state index in [1.807, 2.05) is 37.3 Å². The molecule has 0 amide bonds. The molecule has 0 unspecified atom stereocenters. The molecule has 0 aliphatic heterocycles. The monoisotopic (exact) mass is 294 g/mol. The predicted molar refractivity (Wildman–Crippen MR) is 84.0 cm³/mol. The number of benzene rings is 2. The number of carbonyl (C=O) groups excluding carboxylic acids is 1. The first kappa shape index (κ1) is 14.1. The lowest BCUT2D eigenvalue weighted by atomic mass is 9.99.